The average Bonchev–Trinajstić information content (AvgIpc) is 1.84. The van der Waals surface area contributed by atoms with Gasteiger partial charge in [0.1, 0.15) is 0 Å². The van der Waals surface area contributed by atoms with Gasteiger partial charge in [0, 0.05) is 17.2 Å². The normalized spacial score (nSPS) is 22.2. The first-order valence-corrected chi connectivity index (χ1v) is 4.60. The zero-order valence-corrected chi connectivity index (χ0v) is 7.42. The monoisotopic (exact) mass is 182 g/mol. The van der Waals surface area contributed by atoms with E-state index in [4.69, 9.17) is 27.9 Å². The molecule has 10 heavy (non-hydrogen) atoms. The number of ether oxygens (including phenoxy) is 1. The molecule has 60 valence electrons. The lowest BCUT2D eigenvalue weighted by molar-refractivity contribution is -0.115. The van der Waals surface area contributed by atoms with Crippen molar-refractivity contribution in [1.82, 2.24) is 0 Å². The van der Waals surface area contributed by atoms with Crippen LogP contribution in [0.5, 0.6) is 0 Å². The van der Waals surface area contributed by atoms with Gasteiger partial charge in [-0.25, -0.2) is 0 Å². The largest absolute Gasteiger partial charge is 0.380 e. The van der Waals surface area contributed by atoms with Gasteiger partial charge in [0.2, 0.25) is 0 Å². The maximum atomic E-state index is 5.64. The first-order chi connectivity index (χ1) is 4.83. The van der Waals surface area contributed by atoms with Crippen molar-refractivity contribution in [3.8, 4) is 0 Å². The molecule has 1 aliphatic rings. The van der Waals surface area contributed by atoms with Crippen LogP contribution in [0.15, 0.2) is 0 Å². The van der Waals surface area contributed by atoms with E-state index in [1.807, 2.05) is 0 Å². The highest BCUT2D eigenvalue weighted by molar-refractivity contribution is 6.18. The van der Waals surface area contributed by atoms with Crippen LogP contribution >= 0.6 is 23.2 Å². The van der Waals surface area contributed by atoms with Gasteiger partial charge in [-0.15, -0.1) is 23.2 Å². The van der Waals surface area contributed by atoms with Gasteiger partial charge in [0.25, 0.3) is 0 Å². The smallest absolute Gasteiger partial charge is 0.0545 e. The van der Waals surface area contributed by atoms with Gasteiger partial charge >= 0.3 is 0 Å². The van der Waals surface area contributed by atoms with Crippen LogP contribution < -0.4 is 0 Å². The number of hydrogen-bond donors (Lipinski definition) is 0. The van der Waals surface area contributed by atoms with Crippen molar-refractivity contribution >= 4 is 23.2 Å². The molecule has 1 rings (SSSR count). The molecule has 0 amide bonds. The van der Waals surface area contributed by atoms with Gasteiger partial charge in [-0.05, 0) is 12.8 Å². The predicted octanol–water partition coefficient (Wildman–Crippen LogP) is 2.26. The van der Waals surface area contributed by atoms with Crippen molar-refractivity contribution in [2.24, 2.45) is 5.41 Å². The second-order valence-electron chi connectivity index (χ2n) is 2.87. The third-order valence-electron chi connectivity index (χ3n) is 2.07. The number of alkyl halides is 2. The Kier molecular flexibility index (Phi) is 3.28. The molecule has 0 aromatic rings. The Balaban J connectivity index is 2.27. The van der Waals surface area contributed by atoms with E-state index in [-0.39, 0.29) is 0 Å². The summed E-state index contributed by atoms with van der Waals surface area (Å²) in [5, 5.41) is 0. The summed E-state index contributed by atoms with van der Waals surface area (Å²) in [6, 6.07) is 0. The molecule has 0 aromatic heterocycles. The topological polar surface area (TPSA) is 9.23 Å². The van der Waals surface area contributed by atoms with Gasteiger partial charge in [-0.3, -0.25) is 0 Å². The van der Waals surface area contributed by atoms with E-state index in [2.05, 4.69) is 0 Å². The van der Waals surface area contributed by atoms with Gasteiger partial charge in [-0.2, -0.15) is 0 Å². The van der Waals surface area contributed by atoms with Crippen LogP contribution in [0.4, 0.5) is 0 Å². The molecule has 0 atom stereocenters. The van der Waals surface area contributed by atoms with Crippen molar-refractivity contribution in [2.75, 3.05) is 25.0 Å². The fourth-order valence-electron chi connectivity index (χ4n) is 1.21. The maximum Gasteiger partial charge on any atom is 0.0545 e. The zero-order chi connectivity index (χ0) is 7.45. The molecule has 0 aliphatic carbocycles. The molecule has 0 radical (unpaired) electrons. The third-order valence-corrected chi connectivity index (χ3v) is 2.44. The number of rotatable bonds is 4. The van der Waals surface area contributed by atoms with Gasteiger partial charge < -0.3 is 4.74 Å². The summed E-state index contributed by atoms with van der Waals surface area (Å²) in [5.41, 5.74) is 0.337. The molecule has 1 fully saturated rings. The lowest BCUT2D eigenvalue weighted by Crippen LogP contribution is -2.43. The summed E-state index contributed by atoms with van der Waals surface area (Å²) < 4.78 is 5.13. The quantitative estimate of drug-likeness (QED) is 0.607. The van der Waals surface area contributed by atoms with Crippen LogP contribution in [-0.2, 0) is 4.74 Å². The first kappa shape index (κ1) is 8.63. The van der Waals surface area contributed by atoms with Crippen LogP contribution in [0.1, 0.15) is 12.8 Å². The minimum Gasteiger partial charge on any atom is -0.380 e. The summed E-state index contributed by atoms with van der Waals surface area (Å²) in [6.45, 7) is 1.71. The summed E-state index contributed by atoms with van der Waals surface area (Å²) in [4.78, 5) is 0. The predicted molar refractivity (Wildman–Crippen MR) is 43.9 cm³/mol. The lowest BCUT2D eigenvalue weighted by atomic mass is 9.81. The highest BCUT2D eigenvalue weighted by Gasteiger charge is 2.36. The van der Waals surface area contributed by atoms with Crippen LogP contribution in [0, 0.1) is 5.41 Å². The van der Waals surface area contributed by atoms with Crippen LogP contribution in [0.3, 0.4) is 0 Å². The van der Waals surface area contributed by atoms with Gasteiger partial charge in [0.15, 0.2) is 0 Å². The van der Waals surface area contributed by atoms with Crippen molar-refractivity contribution in [2.45, 2.75) is 12.8 Å². The first-order valence-electron chi connectivity index (χ1n) is 3.53. The molecule has 1 aliphatic heterocycles. The Labute approximate surface area is 71.6 Å². The van der Waals surface area contributed by atoms with Crippen molar-refractivity contribution < 1.29 is 4.74 Å². The SMILES string of the molecule is ClCCC1(CCCl)COC1. The number of halogens is 2. The van der Waals surface area contributed by atoms with Gasteiger partial charge in [-0.1, -0.05) is 0 Å². The molecule has 1 nitrogen and oxygen atoms in total. The Morgan fingerprint density at radius 2 is 1.60 bits per heavy atom. The highest BCUT2D eigenvalue weighted by atomic mass is 35.5. The Morgan fingerprint density at radius 1 is 1.10 bits per heavy atom. The second kappa shape index (κ2) is 3.80. The molecule has 0 N–H and O–H groups in total. The number of hydrogen-bond acceptors (Lipinski definition) is 1. The highest BCUT2D eigenvalue weighted by Crippen LogP contribution is 2.35. The van der Waals surface area contributed by atoms with Gasteiger partial charge in [0.05, 0.1) is 13.2 Å². The molecular formula is C7H12Cl2O. The van der Waals surface area contributed by atoms with E-state index in [1.54, 1.807) is 0 Å². The molecule has 0 spiro atoms. The molecule has 0 bridgehead atoms. The Morgan fingerprint density at radius 3 is 1.80 bits per heavy atom. The summed E-state index contributed by atoms with van der Waals surface area (Å²) in [5.74, 6) is 1.44. The average molecular weight is 183 g/mol. The van der Waals surface area contributed by atoms with E-state index >= 15 is 0 Å². The van der Waals surface area contributed by atoms with Crippen LogP contribution in [0.2, 0.25) is 0 Å². The van der Waals surface area contributed by atoms with Crippen molar-refractivity contribution in [1.29, 1.82) is 0 Å². The van der Waals surface area contributed by atoms with Crippen LogP contribution in [0.25, 0.3) is 0 Å². The molecule has 1 saturated heterocycles. The molecule has 1 heterocycles. The van der Waals surface area contributed by atoms with E-state index in [1.165, 1.54) is 0 Å². The standard InChI is InChI=1S/C7H12Cl2O/c8-3-1-7(2-4-9)5-10-6-7/h1-6H2. The van der Waals surface area contributed by atoms with E-state index in [0.717, 1.165) is 37.8 Å². The summed E-state index contributed by atoms with van der Waals surface area (Å²) >= 11 is 11.3. The lowest BCUT2D eigenvalue weighted by Gasteiger charge is -2.40. The summed E-state index contributed by atoms with van der Waals surface area (Å²) in [7, 11) is 0. The second-order valence-corrected chi connectivity index (χ2v) is 3.63. The van der Waals surface area contributed by atoms with Crippen molar-refractivity contribution in [3.63, 3.8) is 0 Å². The minimum atomic E-state index is 0.337. The molecule has 0 saturated carbocycles. The van der Waals surface area contributed by atoms with Crippen molar-refractivity contribution in [3.05, 3.63) is 0 Å². The Bertz CT molecular complexity index is 93.8. The Hall–Kier alpha value is 0.540. The van der Waals surface area contributed by atoms with E-state index in [0.29, 0.717) is 5.41 Å². The fourth-order valence-corrected chi connectivity index (χ4v) is 2.01. The fraction of sp³-hybridized carbons (Fsp3) is 1.00. The molecule has 3 heteroatoms. The van der Waals surface area contributed by atoms with E-state index < -0.39 is 0 Å². The van der Waals surface area contributed by atoms with E-state index in [9.17, 15) is 0 Å². The van der Waals surface area contributed by atoms with Crippen LogP contribution in [-0.4, -0.2) is 25.0 Å². The minimum absolute atomic E-state index is 0.337. The molecular weight excluding hydrogens is 171 g/mol. The third kappa shape index (κ3) is 1.77. The molecule has 0 unspecified atom stereocenters. The molecule has 0 aromatic carbocycles. The maximum absolute atomic E-state index is 5.64. The summed E-state index contributed by atoms with van der Waals surface area (Å²) in [6.07, 6.45) is 2.09. The zero-order valence-electron chi connectivity index (χ0n) is 5.91.